The van der Waals surface area contributed by atoms with Crippen LogP contribution < -0.4 is 14.3 Å². The molecule has 0 unspecified atom stereocenters. The van der Waals surface area contributed by atoms with Crippen molar-refractivity contribution >= 4 is 50.1 Å². The first-order valence-corrected chi connectivity index (χ1v) is 14.6. The van der Waals surface area contributed by atoms with Crippen molar-refractivity contribution in [3.63, 3.8) is 0 Å². The van der Waals surface area contributed by atoms with Crippen LogP contribution in [0.4, 0.5) is 10.1 Å². The van der Waals surface area contributed by atoms with Gasteiger partial charge in [0.15, 0.2) is 0 Å². The predicted octanol–water partition coefficient (Wildman–Crippen LogP) is 5.54. The number of halogens is 1. The van der Waals surface area contributed by atoms with Gasteiger partial charge in [-0.3, -0.25) is 13.8 Å². The number of carbonyl (C=O) groups excluding carboxylic acids is 1. The Labute approximate surface area is 227 Å². The molecule has 1 aromatic heterocycles. The molecule has 2 aromatic carbocycles. The van der Waals surface area contributed by atoms with Gasteiger partial charge in [-0.1, -0.05) is 49.4 Å². The molecule has 10 heteroatoms. The van der Waals surface area contributed by atoms with Gasteiger partial charge in [0.2, 0.25) is 10.0 Å². The van der Waals surface area contributed by atoms with Crippen LogP contribution in [0.5, 0.6) is 0 Å². The number of rotatable bonds is 11. The molecular formula is C28H30FN3O4S2. The summed E-state index contributed by atoms with van der Waals surface area (Å²) >= 11 is 1.47. The van der Waals surface area contributed by atoms with E-state index in [4.69, 9.17) is 4.42 Å². The molecule has 0 aliphatic carbocycles. The number of amides is 1. The van der Waals surface area contributed by atoms with Crippen molar-refractivity contribution in [3.05, 3.63) is 96.4 Å². The smallest absolute Gasteiger partial charge is 0.255 e. The normalized spacial score (nSPS) is 12.2. The lowest BCUT2D eigenvalue weighted by atomic mass is 9.97. The Bertz CT molecular complexity index is 1540. The maximum Gasteiger partial charge on any atom is 0.255 e. The molecule has 0 spiro atoms. The van der Waals surface area contributed by atoms with E-state index in [1.165, 1.54) is 50.3 Å². The molecule has 3 rings (SSSR count). The Morgan fingerprint density at radius 2 is 1.89 bits per heavy atom. The van der Waals surface area contributed by atoms with Crippen molar-refractivity contribution in [2.24, 2.45) is 0 Å². The number of hydrogen-bond donors (Lipinski definition) is 2. The van der Waals surface area contributed by atoms with Crippen LogP contribution in [0.15, 0.2) is 83.9 Å². The molecule has 0 radical (unpaired) electrons. The van der Waals surface area contributed by atoms with E-state index in [-0.39, 0.29) is 11.3 Å². The van der Waals surface area contributed by atoms with Crippen LogP contribution in [0.1, 0.15) is 15.9 Å². The van der Waals surface area contributed by atoms with Crippen molar-refractivity contribution in [1.29, 1.82) is 0 Å². The van der Waals surface area contributed by atoms with E-state index in [1.54, 1.807) is 24.3 Å². The van der Waals surface area contributed by atoms with E-state index >= 15 is 0 Å². The number of nitrogens with zero attached hydrogens (tertiary/aromatic N) is 1. The third-order valence-electron chi connectivity index (χ3n) is 5.75. The third-order valence-corrected chi connectivity index (χ3v) is 7.38. The van der Waals surface area contributed by atoms with E-state index in [1.807, 2.05) is 18.4 Å². The van der Waals surface area contributed by atoms with E-state index in [0.29, 0.717) is 39.9 Å². The summed E-state index contributed by atoms with van der Waals surface area (Å²) in [6.07, 6.45) is 9.99. The lowest BCUT2D eigenvalue weighted by molar-refractivity contribution is 0.0964. The van der Waals surface area contributed by atoms with Crippen LogP contribution >= 0.6 is 11.9 Å². The van der Waals surface area contributed by atoms with Gasteiger partial charge in [0.25, 0.3) is 5.91 Å². The second-order valence-corrected chi connectivity index (χ2v) is 11.1. The number of nitrogens with one attached hydrogen (secondary N) is 2. The number of carbonyl (C=O) groups is 1. The van der Waals surface area contributed by atoms with Crippen LogP contribution in [-0.4, -0.2) is 47.5 Å². The number of sulfonamides is 1. The summed E-state index contributed by atoms with van der Waals surface area (Å²) in [6, 6.07) is 8.89. The second kappa shape index (κ2) is 12.3. The molecule has 0 aliphatic heterocycles. The molecule has 2 N–H and O–H groups in total. The highest BCUT2D eigenvalue weighted by molar-refractivity contribution is 7.96. The maximum absolute atomic E-state index is 13.6. The van der Waals surface area contributed by atoms with Crippen molar-refractivity contribution < 1.29 is 22.0 Å². The minimum absolute atomic E-state index is 0.241. The number of furan rings is 1. The summed E-state index contributed by atoms with van der Waals surface area (Å²) in [5.74, 6) is -0.587. The molecule has 38 heavy (non-hydrogen) atoms. The van der Waals surface area contributed by atoms with Crippen molar-refractivity contribution in [3.8, 4) is 11.3 Å². The average Bonchev–Trinajstić information content (AvgIpc) is 3.26. The van der Waals surface area contributed by atoms with Crippen LogP contribution in [-0.2, 0) is 10.0 Å². The molecular weight excluding hydrogens is 525 g/mol. The predicted molar refractivity (Wildman–Crippen MR) is 156 cm³/mol. The molecule has 0 bridgehead atoms. The lowest BCUT2D eigenvalue weighted by Gasteiger charge is -2.21. The molecule has 0 fully saturated rings. The van der Waals surface area contributed by atoms with Crippen molar-refractivity contribution in [2.75, 3.05) is 37.5 Å². The number of allylic oxidation sites excluding steroid dienone is 4. The molecule has 200 valence electrons. The molecule has 1 amide bonds. The molecule has 0 saturated heterocycles. The molecule has 0 saturated carbocycles. The summed E-state index contributed by atoms with van der Waals surface area (Å²) in [6.45, 7) is 8.40. The van der Waals surface area contributed by atoms with Gasteiger partial charge >= 0.3 is 0 Å². The van der Waals surface area contributed by atoms with Gasteiger partial charge < -0.3 is 9.73 Å². The monoisotopic (exact) mass is 555 g/mol. The van der Waals surface area contributed by atoms with Crippen molar-refractivity contribution in [1.82, 2.24) is 10.0 Å². The standard InChI is InChI=1S/C28H30FN3O4S2/c1-7-8-19(10-9-18(2)17-31-37-5)22-15-23-25(16-24(22)32(4)38(6,34)35)36-27(26(23)28(33)30-3)20-11-13-21(29)14-12-20/h7-16,31H,1-2,17H2,3-6H3,(H,30,33)/b10-9-,19-8+. The number of benzene rings is 2. The third kappa shape index (κ3) is 6.45. The topological polar surface area (TPSA) is 91.7 Å². The van der Waals surface area contributed by atoms with Gasteiger partial charge in [-0.2, -0.15) is 0 Å². The number of fused-ring (bicyclic) bond motifs is 1. The van der Waals surface area contributed by atoms with Crippen LogP contribution in [0, 0.1) is 5.82 Å². The van der Waals surface area contributed by atoms with Crippen LogP contribution in [0.2, 0.25) is 0 Å². The Morgan fingerprint density at radius 3 is 2.47 bits per heavy atom. The Balaban J connectivity index is 2.35. The van der Waals surface area contributed by atoms with E-state index < -0.39 is 21.7 Å². The SMILES string of the molecule is C=C/C=C(\C=C/C(=C)CNSC)c1cc2c(C(=O)NC)c(-c3ccc(F)cc3)oc2cc1N(C)S(C)(=O)=O. The fourth-order valence-electron chi connectivity index (χ4n) is 3.75. The van der Waals surface area contributed by atoms with Gasteiger partial charge in [-0.25, -0.2) is 12.8 Å². The van der Waals surface area contributed by atoms with Gasteiger partial charge in [-0.15, -0.1) is 0 Å². The Kier molecular flexibility index (Phi) is 9.37. The molecule has 0 aliphatic rings. The van der Waals surface area contributed by atoms with Crippen molar-refractivity contribution in [2.45, 2.75) is 0 Å². The maximum atomic E-state index is 13.6. The second-order valence-electron chi connectivity index (χ2n) is 8.36. The summed E-state index contributed by atoms with van der Waals surface area (Å²) in [7, 11) is -0.710. The molecule has 1 heterocycles. The van der Waals surface area contributed by atoms with Gasteiger partial charge in [0.1, 0.15) is 17.2 Å². The highest BCUT2D eigenvalue weighted by Crippen LogP contribution is 2.40. The van der Waals surface area contributed by atoms with Gasteiger partial charge in [0, 0.05) is 43.2 Å². The van der Waals surface area contributed by atoms with E-state index in [0.717, 1.165) is 16.1 Å². The zero-order chi connectivity index (χ0) is 28.0. The number of anilines is 1. The highest BCUT2D eigenvalue weighted by atomic mass is 32.2. The summed E-state index contributed by atoms with van der Waals surface area (Å²) < 4.78 is 49.1. The largest absolute Gasteiger partial charge is 0.455 e. The van der Waals surface area contributed by atoms with Crippen LogP contribution in [0.25, 0.3) is 27.9 Å². The summed E-state index contributed by atoms with van der Waals surface area (Å²) in [5, 5.41) is 3.10. The number of hydrogen-bond acceptors (Lipinski definition) is 6. The fourth-order valence-corrected chi connectivity index (χ4v) is 4.59. The van der Waals surface area contributed by atoms with Gasteiger partial charge in [0.05, 0.1) is 17.5 Å². The minimum atomic E-state index is -3.66. The van der Waals surface area contributed by atoms with E-state index in [9.17, 15) is 17.6 Å². The first-order chi connectivity index (χ1) is 18.0. The molecule has 0 atom stereocenters. The highest BCUT2D eigenvalue weighted by Gasteiger charge is 2.26. The zero-order valence-corrected chi connectivity index (χ0v) is 23.3. The van der Waals surface area contributed by atoms with E-state index in [2.05, 4.69) is 23.2 Å². The minimum Gasteiger partial charge on any atom is -0.455 e. The first-order valence-electron chi connectivity index (χ1n) is 11.5. The quantitative estimate of drug-likeness (QED) is 0.238. The molecule has 3 aromatic rings. The zero-order valence-electron chi connectivity index (χ0n) is 21.7. The lowest BCUT2D eigenvalue weighted by Crippen LogP contribution is -2.25. The summed E-state index contributed by atoms with van der Waals surface area (Å²) in [5.41, 5.74) is 3.37. The van der Waals surface area contributed by atoms with Crippen LogP contribution in [0.3, 0.4) is 0 Å². The fraction of sp³-hybridized carbons (Fsp3) is 0.179. The Hall–Kier alpha value is -3.60. The Morgan fingerprint density at radius 1 is 1.21 bits per heavy atom. The molecule has 7 nitrogen and oxygen atoms in total. The first kappa shape index (κ1) is 29.0. The average molecular weight is 556 g/mol. The summed E-state index contributed by atoms with van der Waals surface area (Å²) in [4.78, 5) is 13.0. The van der Waals surface area contributed by atoms with Gasteiger partial charge in [-0.05, 0) is 47.7 Å².